The van der Waals surface area contributed by atoms with Crippen molar-refractivity contribution in [3.05, 3.63) is 0 Å². The number of ether oxygens (including phenoxy) is 1. The molecule has 0 aromatic heterocycles. The summed E-state index contributed by atoms with van der Waals surface area (Å²) in [4.78, 5) is 12.0. The summed E-state index contributed by atoms with van der Waals surface area (Å²) in [7, 11) is 0. The van der Waals surface area contributed by atoms with Crippen LogP contribution in [0.15, 0.2) is 0 Å². The lowest BCUT2D eigenvalue weighted by atomic mass is 9.88. The molecule has 3 nitrogen and oxygen atoms in total. The van der Waals surface area contributed by atoms with Crippen molar-refractivity contribution < 1.29 is 9.53 Å². The quantitative estimate of drug-likeness (QED) is 0.791. The predicted molar refractivity (Wildman–Crippen MR) is 60.9 cm³/mol. The number of carbonyl (C=O) groups excluding carboxylic acids is 1. The lowest BCUT2D eigenvalue weighted by molar-refractivity contribution is -0.127. The van der Waals surface area contributed by atoms with Crippen LogP contribution in [-0.4, -0.2) is 25.2 Å². The molecular weight excluding hydrogens is 202 g/mol. The summed E-state index contributed by atoms with van der Waals surface area (Å²) in [6.45, 7) is 1.60. The zero-order chi connectivity index (χ0) is 11.0. The summed E-state index contributed by atoms with van der Waals surface area (Å²) in [6.07, 6.45) is 7.62. The van der Waals surface area contributed by atoms with E-state index in [1.165, 1.54) is 19.3 Å². The van der Waals surface area contributed by atoms with Gasteiger partial charge in [-0.25, -0.2) is 0 Å². The van der Waals surface area contributed by atoms with Gasteiger partial charge in [-0.15, -0.1) is 0 Å². The smallest absolute Gasteiger partial charge is 0.223 e. The van der Waals surface area contributed by atoms with Gasteiger partial charge in [-0.1, -0.05) is 6.42 Å². The molecule has 2 aliphatic carbocycles. The summed E-state index contributed by atoms with van der Waals surface area (Å²) >= 11 is 0. The van der Waals surface area contributed by atoms with Crippen molar-refractivity contribution in [1.29, 1.82) is 0 Å². The predicted octanol–water partition coefficient (Wildman–Crippen LogP) is 1.72. The number of nitrogens with one attached hydrogen (secondary N) is 1. The van der Waals surface area contributed by atoms with Crippen LogP contribution < -0.4 is 5.32 Å². The molecule has 1 saturated heterocycles. The minimum absolute atomic E-state index is 0.280. The number of amides is 1. The Bertz CT molecular complexity index is 273. The maximum Gasteiger partial charge on any atom is 0.223 e. The molecule has 3 fully saturated rings. The number of rotatable bonds is 3. The number of carbonyl (C=O) groups is 1. The van der Waals surface area contributed by atoms with Crippen LogP contribution in [0.3, 0.4) is 0 Å². The number of hydrogen-bond donors (Lipinski definition) is 1. The zero-order valence-electron chi connectivity index (χ0n) is 9.78. The summed E-state index contributed by atoms with van der Waals surface area (Å²) in [6, 6.07) is 0. The van der Waals surface area contributed by atoms with Gasteiger partial charge < -0.3 is 10.1 Å². The molecule has 3 heteroatoms. The van der Waals surface area contributed by atoms with Gasteiger partial charge in [0.05, 0.1) is 6.10 Å². The maximum atomic E-state index is 12.0. The van der Waals surface area contributed by atoms with Gasteiger partial charge in [0.2, 0.25) is 5.91 Å². The second-order valence-corrected chi connectivity index (χ2v) is 5.66. The molecule has 4 atom stereocenters. The zero-order valence-corrected chi connectivity index (χ0v) is 9.78. The molecule has 2 bridgehead atoms. The number of hydrogen-bond acceptors (Lipinski definition) is 2. The third-order valence-electron chi connectivity index (χ3n) is 4.60. The molecule has 1 N–H and O–H groups in total. The molecule has 0 unspecified atom stereocenters. The highest BCUT2D eigenvalue weighted by atomic mass is 16.5. The van der Waals surface area contributed by atoms with Crippen LogP contribution in [0.4, 0.5) is 0 Å². The summed E-state index contributed by atoms with van der Waals surface area (Å²) in [5, 5.41) is 3.09. The monoisotopic (exact) mass is 223 g/mol. The second kappa shape index (κ2) is 4.36. The lowest BCUT2D eigenvalue weighted by Crippen LogP contribution is -2.38. The molecule has 90 valence electrons. The standard InChI is InChI=1S/C13H21NO2/c15-13(14-8-11-2-1-5-16-11)12-7-9-3-4-10(12)6-9/h9-12H,1-8H2,(H,14,15)/t9-,10-,11-,12-/m0/s1. The van der Waals surface area contributed by atoms with E-state index in [0.717, 1.165) is 38.3 Å². The fraction of sp³-hybridized carbons (Fsp3) is 0.923. The van der Waals surface area contributed by atoms with E-state index in [4.69, 9.17) is 4.74 Å². The van der Waals surface area contributed by atoms with E-state index in [9.17, 15) is 4.79 Å². The topological polar surface area (TPSA) is 38.3 Å². The molecule has 0 aromatic rings. The Kier molecular flexibility index (Phi) is 2.88. The number of fused-ring (bicyclic) bond motifs is 2. The molecule has 1 heterocycles. The minimum atomic E-state index is 0.280. The van der Waals surface area contributed by atoms with E-state index in [1.54, 1.807) is 0 Å². The first-order valence-electron chi connectivity index (χ1n) is 6.72. The first-order chi connectivity index (χ1) is 7.83. The normalized spacial score (nSPS) is 41.5. The van der Waals surface area contributed by atoms with Gasteiger partial charge in [-0.3, -0.25) is 4.79 Å². The molecule has 1 aliphatic heterocycles. The van der Waals surface area contributed by atoms with Crippen LogP contribution in [0.2, 0.25) is 0 Å². The Balaban J connectivity index is 1.46. The summed E-state index contributed by atoms with van der Waals surface area (Å²) in [5.74, 6) is 2.15. The fourth-order valence-electron chi connectivity index (χ4n) is 3.72. The third-order valence-corrected chi connectivity index (χ3v) is 4.60. The van der Waals surface area contributed by atoms with Crippen molar-refractivity contribution in [3.8, 4) is 0 Å². The first-order valence-corrected chi connectivity index (χ1v) is 6.72. The van der Waals surface area contributed by atoms with E-state index in [2.05, 4.69) is 5.32 Å². The van der Waals surface area contributed by atoms with Crippen molar-refractivity contribution in [3.63, 3.8) is 0 Å². The Labute approximate surface area is 96.9 Å². The van der Waals surface area contributed by atoms with Gasteiger partial charge in [0, 0.05) is 19.1 Å². The van der Waals surface area contributed by atoms with E-state index in [0.29, 0.717) is 17.7 Å². The van der Waals surface area contributed by atoms with Gasteiger partial charge in [-0.2, -0.15) is 0 Å². The van der Waals surface area contributed by atoms with E-state index >= 15 is 0 Å². The molecule has 16 heavy (non-hydrogen) atoms. The maximum absolute atomic E-state index is 12.0. The highest BCUT2D eigenvalue weighted by Gasteiger charge is 2.42. The second-order valence-electron chi connectivity index (χ2n) is 5.66. The van der Waals surface area contributed by atoms with Crippen molar-refractivity contribution in [2.75, 3.05) is 13.2 Å². The summed E-state index contributed by atoms with van der Waals surface area (Å²) in [5.41, 5.74) is 0. The van der Waals surface area contributed by atoms with E-state index in [1.807, 2.05) is 0 Å². The highest BCUT2D eigenvalue weighted by Crippen LogP contribution is 2.48. The molecule has 1 amide bonds. The fourth-order valence-corrected chi connectivity index (χ4v) is 3.72. The van der Waals surface area contributed by atoms with Gasteiger partial charge in [0.15, 0.2) is 0 Å². The largest absolute Gasteiger partial charge is 0.376 e. The SMILES string of the molecule is O=C(NC[C@@H]1CCCO1)[C@H]1C[C@H]2CC[C@H]1C2. The lowest BCUT2D eigenvalue weighted by Gasteiger charge is -2.21. The van der Waals surface area contributed by atoms with E-state index < -0.39 is 0 Å². The molecule has 3 rings (SSSR count). The van der Waals surface area contributed by atoms with E-state index in [-0.39, 0.29) is 6.10 Å². The Morgan fingerprint density at radius 1 is 1.25 bits per heavy atom. The highest BCUT2D eigenvalue weighted by molar-refractivity contribution is 5.79. The van der Waals surface area contributed by atoms with Crippen LogP contribution in [0, 0.1) is 17.8 Å². The van der Waals surface area contributed by atoms with Crippen LogP contribution in [0.1, 0.15) is 38.5 Å². The Morgan fingerprint density at radius 2 is 2.19 bits per heavy atom. The van der Waals surface area contributed by atoms with Crippen molar-refractivity contribution in [2.24, 2.45) is 17.8 Å². The molecule has 3 aliphatic rings. The average molecular weight is 223 g/mol. The van der Waals surface area contributed by atoms with Crippen molar-refractivity contribution in [1.82, 2.24) is 5.32 Å². The minimum Gasteiger partial charge on any atom is -0.376 e. The van der Waals surface area contributed by atoms with Crippen LogP contribution in [0.5, 0.6) is 0 Å². The summed E-state index contributed by atoms with van der Waals surface area (Å²) < 4.78 is 5.51. The molecule has 0 radical (unpaired) electrons. The van der Waals surface area contributed by atoms with Gasteiger partial charge in [0.1, 0.15) is 0 Å². The van der Waals surface area contributed by atoms with Gasteiger partial charge in [-0.05, 0) is 43.9 Å². The Hall–Kier alpha value is -0.570. The first kappa shape index (κ1) is 10.6. The average Bonchev–Trinajstić information content (AvgIpc) is 3.01. The van der Waals surface area contributed by atoms with Crippen LogP contribution >= 0.6 is 0 Å². The third kappa shape index (κ3) is 1.97. The van der Waals surface area contributed by atoms with Crippen LogP contribution in [0.25, 0.3) is 0 Å². The molecule has 0 spiro atoms. The van der Waals surface area contributed by atoms with Crippen LogP contribution in [-0.2, 0) is 9.53 Å². The Morgan fingerprint density at radius 3 is 2.81 bits per heavy atom. The molecule has 2 saturated carbocycles. The van der Waals surface area contributed by atoms with Crippen molar-refractivity contribution in [2.45, 2.75) is 44.6 Å². The van der Waals surface area contributed by atoms with Crippen molar-refractivity contribution >= 4 is 5.91 Å². The molecule has 0 aromatic carbocycles. The van der Waals surface area contributed by atoms with Gasteiger partial charge >= 0.3 is 0 Å². The van der Waals surface area contributed by atoms with Gasteiger partial charge in [0.25, 0.3) is 0 Å². The molecular formula is C13H21NO2.